The number of fused-ring (bicyclic) bond motifs is 3. The number of halogens is 4. The summed E-state index contributed by atoms with van der Waals surface area (Å²) < 4.78 is 61.9. The van der Waals surface area contributed by atoms with E-state index in [-0.39, 0.29) is 0 Å². The molecule has 0 radical (unpaired) electrons. The van der Waals surface area contributed by atoms with E-state index in [2.05, 4.69) is 35.6 Å². The number of nitrogens with zero attached hydrogens (tertiary/aromatic N) is 6. The molecule has 0 amide bonds. The van der Waals surface area contributed by atoms with Crippen molar-refractivity contribution in [1.29, 1.82) is 0 Å². The molecule has 0 aliphatic heterocycles. The van der Waals surface area contributed by atoms with Crippen LogP contribution in [0.3, 0.4) is 0 Å². The molecule has 0 bridgehead atoms. The predicted octanol–water partition coefficient (Wildman–Crippen LogP) is 5.84. The van der Waals surface area contributed by atoms with E-state index >= 15 is 0 Å². The Bertz CT molecular complexity index is 1840. The lowest BCUT2D eigenvalue weighted by molar-refractivity contribution is -0.141. The van der Waals surface area contributed by atoms with Crippen molar-refractivity contribution in [2.75, 3.05) is 11.9 Å². The number of rotatable bonds is 6. The molecule has 5 aromatic heterocycles. The third kappa shape index (κ3) is 4.45. The lowest BCUT2D eigenvalue weighted by atomic mass is 10.0. The van der Waals surface area contributed by atoms with Gasteiger partial charge < -0.3 is 14.7 Å². The average Bonchev–Trinajstić information content (AvgIpc) is 3.62. The summed E-state index contributed by atoms with van der Waals surface area (Å²) >= 11 is 0. The van der Waals surface area contributed by atoms with Crippen LogP contribution in [0.5, 0.6) is 0 Å². The van der Waals surface area contributed by atoms with E-state index in [1.54, 1.807) is 19.3 Å². The van der Waals surface area contributed by atoms with Crippen molar-refractivity contribution < 1.29 is 22.0 Å². The highest BCUT2D eigenvalue weighted by Crippen LogP contribution is 2.39. The van der Waals surface area contributed by atoms with Crippen molar-refractivity contribution in [3.05, 3.63) is 77.9 Å². The highest BCUT2D eigenvalue weighted by atomic mass is 19.4. The minimum atomic E-state index is -4.65. The summed E-state index contributed by atoms with van der Waals surface area (Å²) in [4.78, 5) is 12.1. The summed E-state index contributed by atoms with van der Waals surface area (Å²) in [6, 6.07) is 5.38. The number of aromatic nitrogens is 7. The van der Waals surface area contributed by atoms with E-state index in [1.807, 2.05) is 13.0 Å². The average molecular weight is 536 g/mol. The van der Waals surface area contributed by atoms with Gasteiger partial charge in [-0.05, 0) is 36.8 Å². The summed E-state index contributed by atoms with van der Waals surface area (Å²) in [5, 5.41) is 15.7. The van der Waals surface area contributed by atoms with Crippen molar-refractivity contribution in [2.45, 2.75) is 26.4 Å². The van der Waals surface area contributed by atoms with Crippen molar-refractivity contribution in [3.8, 4) is 16.8 Å². The van der Waals surface area contributed by atoms with Crippen molar-refractivity contribution in [1.82, 2.24) is 34.9 Å². The van der Waals surface area contributed by atoms with Gasteiger partial charge in [0.15, 0.2) is 5.69 Å². The maximum absolute atomic E-state index is 14.7. The number of aryl methyl sites for hydroxylation is 1. The topological polar surface area (TPSA) is 110 Å². The Kier molecular flexibility index (Phi) is 5.78. The Hall–Kier alpha value is -4.81. The molecule has 0 unspecified atom stereocenters. The number of H-pyrrole nitrogens is 1. The molecule has 39 heavy (non-hydrogen) atoms. The molecule has 6 aromatic rings. The smallest absolute Gasteiger partial charge is 0.425 e. The minimum absolute atomic E-state index is 0.294. The highest BCUT2D eigenvalue weighted by Gasteiger charge is 2.34. The Morgan fingerprint density at radius 1 is 1.10 bits per heavy atom. The van der Waals surface area contributed by atoms with Crippen LogP contribution in [0.1, 0.15) is 30.0 Å². The molecular formula is C26H20F4N8O. The number of aromatic amines is 1. The van der Waals surface area contributed by atoms with Gasteiger partial charge in [-0.2, -0.15) is 18.3 Å². The maximum Gasteiger partial charge on any atom is 0.435 e. The number of pyridine rings is 2. The summed E-state index contributed by atoms with van der Waals surface area (Å²) in [5.41, 5.74) is 2.43. The Balaban J connectivity index is 1.61. The molecule has 0 saturated carbocycles. The number of nitrogens with one attached hydrogen (secondary N) is 2. The molecule has 0 fully saturated rings. The molecule has 0 saturated heterocycles. The zero-order chi connectivity index (χ0) is 27.3. The molecule has 5 heterocycles. The second-order valence-electron chi connectivity index (χ2n) is 8.89. The van der Waals surface area contributed by atoms with E-state index in [1.165, 1.54) is 24.5 Å². The zero-order valence-corrected chi connectivity index (χ0v) is 20.6. The first-order valence-corrected chi connectivity index (χ1v) is 12.0. The third-order valence-corrected chi connectivity index (χ3v) is 6.17. The minimum Gasteiger partial charge on any atom is -0.425 e. The molecule has 0 atom stereocenters. The highest BCUT2D eigenvalue weighted by molar-refractivity contribution is 6.15. The van der Waals surface area contributed by atoms with Gasteiger partial charge >= 0.3 is 6.18 Å². The molecule has 2 N–H and O–H groups in total. The van der Waals surface area contributed by atoms with E-state index in [4.69, 9.17) is 4.42 Å². The monoisotopic (exact) mass is 536 g/mol. The summed E-state index contributed by atoms with van der Waals surface area (Å²) in [6.45, 7) is 4.09. The van der Waals surface area contributed by atoms with Gasteiger partial charge in [0.2, 0.25) is 11.8 Å². The van der Waals surface area contributed by atoms with Gasteiger partial charge in [0.05, 0.1) is 28.7 Å². The van der Waals surface area contributed by atoms with Crippen molar-refractivity contribution in [3.63, 3.8) is 0 Å². The van der Waals surface area contributed by atoms with Crippen LogP contribution in [-0.4, -0.2) is 41.5 Å². The molecular weight excluding hydrogens is 516 g/mol. The molecule has 6 rings (SSSR count). The van der Waals surface area contributed by atoms with Gasteiger partial charge in [-0.1, -0.05) is 0 Å². The fourth-order valence-electron chi connectivity index (χ4n) is 4.60. The van der Waals surface area contributed by atoms with Gasteiger partial charge in [-0.15, -0.1) is 10.2 Å². The van der Waals surface area contributed by atoms with Crippen LogP contribution in [0.25, 0.3) is 38.8 Å². The fourth-order valence-corrected chi connectivity index (χ4v) is 4.60. The number of benzene rings is 1. The Morgan fingerprint density at radius 2 is 1.95 bits per heavy atom. The van der Waals surface area contributed by atoms with Crippen LogP contribution in [-0.2, 0) is 12.6 Å². The van der Waals surface area contributed by atoms with Gasteiger partial charge in [-0.3, -0.25) is 4.98 Å². The van der Waals surface area contributed by atoms with Crippen LogP contribution in [0.4, 0.5) is 23.2 Å². The Labute approximate surface area is 217 Å². The van der Waals surface area contributed by atoms with Crippen LogP contribution in [0.2, 0.25) is 0 Å². The molecule has 0 aliphatic carbocycles. The zero-order valence-electron chi connectivity index (χ0n) is 20.6. The number of anilines is 1. The van der Waals surface area contributed by atoms with Gasteiger partial charge in [-0.25, -0.2) is 14.1 Å². The second kappa shape index (κ2) is 9.19. The molecule has 1 aromatic carbocycles. The summed E-state index contributed by atoms with van der Waals surface area (Å²) in [7, 11) is 0. The summed E-state index contributed by atoms with van der Waals surface area (Å²) in [6.07, 6.45) is 1.62. The molecule has 9 nitrogen and oxygen atoms in total. The van der Waals surface area contributed by atoms with Crippen molar-refractivity contribution >= 4 is 27.6 Å². The molecule has 0 spiro atoms. The molecule has 198 valence electrons. The van der Waals surface area contributed by atoms with E-state index in [0.29, 0.717) is 69.2 Å². The van der Waals surface area contributed by atoms with Gasteiger partial charge in [0, 0.05) is 54.8 Å². The van der Waals surface area contributed by atoms with Crippen LogP contribution < -0.4 is 5.32 Å². The SMILES string of the molecule is CCNc1cc(F)cc2c1[nH]c1ncc(-c3cncc(Cc4nnc(C)o4)c3)c(-n3ccc(C(F)(F)F)n3)c12. The predicted molar refractivity (Wildman–Crippen MR) is 135 cm³/mol. The maximum atomic E-state index is 14.7. The van der Waals surface area contributed by atoms with Crippen LogP contribution >= 0.6 is 0 Å². The first-order chi connectivity index (χ1) is 18.7. The van der Waals surface area contributed by atoms with E-state index in [9.17, 15) is 17.6 Å². The second-order valence-corrected chi connectivity index (χ2v) is 8.89. The lowest BCUT2D eigenvalue weighted by Crippen LogP contribution is -2.08. The number of hydrogen-bond acceptors (Lipinski definition) is 7. The van der Waals surface area contributed by atoms with Gasteiger partial charge in [0.25, 0.3) is 0 Å². The standard InChI is InChI=1S/C26H20F4N8O/c1-3-32-19-9-16(27)8-17-22-24(38-5-4-20(37-38)26(28,29)30)18(12-33-25(22)34-23(17)19)15-6-14(10-31-11-15)7-21-36-35-13(2)39-21/h4-6,8-12,32H,3,7H2,1-2H3,(H,33,34). The first kappa shape index (κ1) is 24.5. The molecule has 13 heteroatoms. The third-order valence-electron chi connectivity index (χ3n) is 6.17. The van der Waals surface area contributed by atoms with Crippen LogP contribution in [0, 0.1) is 12.7 Å². The van der Waals surface area contributed by atoms with Gasteiger partial charge in [0.1, 0.15) is 11.5 Å². The normalized spacial score (nSPS) is 12.1. The van der Waals surface area contributed by atoms with E-state index in [0.717, 1.165) is 16.3 Å². The molecule has 0 aliphatic rings. The largest absolute Gasteiger partial charge is 0.435 e. The van der Waals surface area contributed by atoms with E-state index < -0.39 is 17.7 Å². The van der Waals surface area contributed by atoms with Crippen LogP contribution in [0.15, 0.2) is 53.5 Å². The summed E-state index contributed by atoms with van der Waals surface area (Å²) in [5.74, 6) is 0.310. The number of alkyl halides is 3. The first-order valence-electron chi connectivity index (χ1n) is 12.0. The van der Waals surface area contributed by atoms with Crippen molar-refractivity contribution in [2.24, 2.45) is 0 Å². The quantitative estimate of drug-likeness (QED) is 0.258. The fraction of sp³-hybridized carbons (Fsp3) is 0.192. The lowest BCUT2D eigenvalue weighted by Gasteiger charge is -2.13. The number of hydrogen-bond donors (Lipinski definition) is 2. The Morgan fingerprint density at radius 3 is 2.67 bits per heavy atom.